The van der Waals surface area contributed by atoms with Crippen LogP contribution >= 0.6 is 11.6 Å². The smallest absolute Gasteiger partial charge is 0.390 e. The van der Waals surface area contributed by atoms with Gasteiger partial charge in [0.15, 0.2) is 6.10 Å². The molecule has 9 heteroatoms. The Morgan fingerprint density at radius 2 is 2.00 bits per heavy atom. The van der Waals surface area contributed by atoms with E-state index in [1.807, 2.05) is 32.0 Å². The number of alkyl halides is 3. The molecule has 2 amide bonds. The summed E-state index contributed by atoms with van der Waals surface area (Å²) in [6.45, 7) is 3.78. The van der Waals surface area contributed by atoms with Crippen LogP contribution in [0.1, 0.15) is 37.0 Å². The molecule has 3 rings (SSSR count). The van der Waals surface area contributed by atoms with Crippen molar-refractivity contribution in [3.8, 4) is 0 Å². The van der Waals surface area contributed by atoms with Crippen LogP contribution in [0.15, 0.2) is 53.7 Å². The zero-order chi connectivity index (χ0) is 22.6. The Morgan fingerprint density at radius 1 is 1.26 bits per heavy atom. The van der Waals surface area contributed by atoms with Crippen molar-refractivity contribution in [1.82, 2.24) is 10.2 Å². The lowest BCUT2D eigenvalue weighted by molar-refractivity contribution is -0.137. The molecule has 2 aromatic rings. The molecule has 0 fully saturated rings. The third kappa shape index (κ3) is 6.13. The van der Waals surface area contributed by atoms with Crippen LogP contribution in [0.4, 0.5) is 18.0 Å². The van der Waals surface area contributed by atoms with Crippen molar-refractivity contribution in [2.75, 3.05) is 6.54 Å². The molecule has 1 aliphatic heterocycles. The molecule has 5 nitrogen and oxygen atoms in total. The Bertz CT molecular complexity index is 963. The fourth-order valence-electron chi connectivity index (χ4n) is 3.25. The Labute approximate surface area is 183 Å². The van der Waals surface area contributed by atoms with Crippen LogP contribution in [0.3, 0.4) is 0 Å². The number of rotatable bonds is 6. The molecule has 1 aliphatic rings. The average molecular weight is 454 g/mol. The molecule has 0 saturated heterocycles. The normalized spacial score (nSPS) is 16.1. The summed E-state index contributed by atoms with van der Waals surface area (Å²) in [7, 11) is 0. The summed E-state index contributed by atoms with van der Waals surface area (Å²) < 4.78 is 39.2. The van der Waals surface area contributed by atoms with Gasteiger partial charge in [0.25, 0.3) is 0 Å². The van der Waals surface area contributed by atoms with Crippen molar-refractivity contribution in [1.29, 1.82) is 0 Å². The largest absolute Gasteiger partial charge is 0.416 e. The van der Waals surface area contributed by atoms with Gasteiger partial charge in [-0.2, -0.15) is 13.2 Å². The Kier molecular flexibility index (Phi) is 7.10. The lowest BCUT2D eigenvalue weighted by Gasteiger charge is -2.26. The van der Waals surface area contributed by atoms with Crippen molar-refractivity contribution < 1.29 is 22.8 Å². The van der Waals surface area contributed by atoms with Crippen LogP contribution in [0.5, 0.6) is 0 Å². The predicted octanol–water partition coefficient (Wildman–Crippen LogP) is 5.47. The van der Waals surface area contributed by atoms with Gasteiger partial charge >= 0.3 is 12.2 Å². The Balaban J connectivity index is 1.73. The van der Waals surface area contributed by atoms with Crippen LogP contribution in [-0.4, -0.2) is 35.3 Å². The summed E-state index contributed by atoms with van der Waals surface area (Å²) in [6, 6.07) is 11.7. The summed E-state index contributed by atoms with van der Waals surface area (Å²) in [5.74, 6) is 0. The second-order valence-electron chi connectivity index (χ2n) is 7.63. The van der Waals surface area contributed by atoms with Gasteiger partial charge in [0.2, 0.25) is 0 Å². The number of benzene rings is 2. The first-order valence-corrected chi connectivity index (χ1v) is 10.2. The molecular formula is C22H23ClF3N3O2. The van der Waals surface area contributed by atoms with Gasteiger partial charge in [0, 0.05) is 29.6 Å². The van der Waals surface area contributed by atoms with E-state index in [1.165, 1.54) is 11.0 Å². The van der Waals surface area contributed by atoms with E-state index < -0.39 is 17.8 Å². The van der Waals surface area contributed by atoms with Crippen molar-refractivity contribution in [3.63, 3.8) is 0 Å². The van der Waals surface area contributed by atoms with E-state index in [0.29, 0.717) is 22.7 Å². The Morgan fingerprint density at radius 3 is 2.68 bits per heavy atom. The first kappa shape index (κ1) is 22.9. The molecule has 1 atom stereocenters. The van der Waals surface area contributed by atoms with Gasteiger partial charge in [-0.3, -0.25) is 0 Å². The van der Waals surface area contributed by atoms with Crippen LogP contribution in [0.2, 0.25) is 5.02 Å². The molecule has 0 bridgehead atoms. The van der Waals surface area contributed by atoms with Gasteiger partial charge in [0.05, 0.1) is 17.8 Å². The van der Waals surface area contributed by atoms with Crippen LogP contribution in [-0.2, 0) is 17.6 Å². The molecule has 2 aromatic carbocycles. The van der Waals surface area contributed by atoms with E-state index in [1.54, 1.807) is 12.1 Å². The van der Waals surface area contributed by atoms with Gasteiger partial charge in [-0.1, -0.05) is 47.1 Å². The number of nitrogens with one attached hydrogen (secondary N) is 1. The number of halogens is 4. The highest BCUT2D eigenvalue weighted by molar-refractivity contribution is 6.34. The molecule has 0 aromatic heterocycles. The SMILES string of the molecule is CC(C)NC(=O)N(Cc1cccc(C(F)(F)F)c1)CC1CC(c2ccccc2Cl)=NO1. The number of carbonyl (C=O) groups excluding carboxylic acids is 1. The van der Waals surface area contributed by atoms with Crippen LogP contribution in [0.25, 0.3) is 0 Å². The molecule has 166 valence electrons. The molecule has 31 heavy (non-hydrogen) atoms. The monoisotopic (exact) mass is 453 g/mol. The predicted molar refractivity (Wildman–Crippen MR) is 113 cm³/mol. The zero-order valence-electron chi connectivity index (χ0n) is 17.1. The fraction of sp³-hybridized carbons (Fsp3) is 0.364. The summed E-state index contributed by atoms with van der Waals surface area (Å²) >= 11 is 6.22. The van der Waals surface area contributed by atoms with Gasteiger partial charge in [-0.05, 0) is 37.6 Å². The van der Waals surface area contributed by atoms with Crippen molar-refractivity contribution in [2.24, 2.45) is 5.16 Å². The third-order valence-electron chi connectivity index (χ3n) is 4.67. The number of hydrogen-bond donors (Lipinski definition) is 1. The van der Waals surface area contributed by atoms with E-state index >= 15 is 0 Å². The molecule has 1 N–H and O–H groups in total. The molecule has 1 heterocycles. The van der Waals surface area contributed by atoms with E-state index in [4.69, 9.17) is 16.4 Å². The maximum absolute atomic E-state index is 13.1. The third-order valence-corrected chi connectivity index (χ3v) is 5.00. The first-order valence-electron chi connectivity index (χ1n) is 9.82. The van der Waals surface area contributed by atoms with E-state index in [-0.39, 0.29) is 25.2 Å². The number of oxime groups is 1. The topological polar surface area (TPSA) is 53.9 Å². The second kappa shape index (κ2) is 9.60. The highest BCUT2D eigenvalue weighted by Crippen LogP contribution is 2.30. The minimum Gasteiger partial charge on any atom is -0.390 e. The van der Waals surface area contributed by atoms with E-state index in [9.17, 15) is 18.0 Å². The number of amides is 2. The van der Waals surface area contributed by atoms with Gasteiger partial charge < -0.3 is 15.1 Å². The Hall–Kier alpha value is -2.74. The number of hydrogen-bond acceptors (Lipinski definition) is 3. The summed E-state index contributed by atoms with van der Waals surface area (Å²) in [5.41, 5.74) is 1.04. The quantitative estimate of drug-likeness (QED) is 0.630. The van der Waals surface area contributed by atoms with Crippen LogP contribution in [0, 0.1) is 0 Å². The highest BCUT2D eigenvalue weighted by atomic mass is 35.5. The average Bonchev–Trinajstić information content (AvgIpc) is 3.15. The van der Waals surface area contributed by atoms with Gasteiger partial charge in [-0.25, -0.2) is 4.79 Å². The summed E-state index contributed by atoms with van der Waals surface area (Å²) in [5, 5.41) is 7.43. The second-order valence-corrected chi connectivity index (χ2v) is 8.04. The lowest BCUT2D eigenvalue weighted by atomic mass is 10.0. The molecular weight excluding hydrogens is 431 g/mol. The van der Waals surface area contributed by atoms with Crippen molar-refractivity contribution in [3.05, 3.63) is 70.2 Å². The standard InChI is InChI=1S/C22H23ClF3N3O2/c1-14(2)27-21(30)29(12-15-6-5-7-16(10-15)22(24,25)26)13-17-11-20(28-31-17)18-8-3-4-9-19(18)23/h3-10,14,17H,11-13H2,1-2H3,(H,27,30). The molecule has 0 spiro atoms. The molecule has 0 saturated carbocycles. The van der Waals surface area contributed by atoms with Crippen LogP contribution < -0.4 is 5.32 Å². The van der Waals surface area contributed by atoms with Gasteiger partial charge in [0.1, 0.15) is 0 Å². The maximum atomic E-state index is 13.1. The number of nitrogens with zero attached hydrogens (tertiary/aromatic N) is 2. The number of carbonyl (C=O) groups is 1. The summed E-state index contributed by atoms with van der Waals surface area (Å²) in [6.07, 6.45) is -4.46. The minimum atomic E-state index is -4.45. The molecule has 0 aliphatic carbocycles. The lowest BCUT2D eigenvalue weighted by Crippen LogP contribution is -2.45. The van der Waals surface area contributed by atoms with E-state index in [2.05, 4.69) is 10.5 Å². The molecule has 1 unspecified atom stereocenters. The minimum absolute atomic E-state index is 0.00373. The highest BCUT2D eigenvalue weighted by Gasteiger charge is 2.31. The van der Waals surface area contributed by atoms with Crippen molar-refractivity contribution in [2.45, 2.75) is 45.1 Å². The van der Waals surface area contributed by atoms with Gasteiger partial charge in [-0.15, -0.1) is 0 Å². The summed E-state index contributed by atoms with van der Waals surface area (Å²) in [4.78, 5) is 19.7. The fourth-order valence-corrected chi connectivity index (χ4v) is 3.50. The van der Waals surface area contributed by atoms with Crippen molar-refractivity contribution >= 4 is 23.3 Å². The number of urea groups is 1. The van der Waals surface area contributed by atoms with E-state index in [0.717, 1.165) is 17.7 Å². The zero-order valence-corrected chi connectivity index (χ0v) is 17.9. The molecule has 0 radical (unpaired) electrons. The first-order chi connectivity index (χ1) is 14.6. The maximum Gasteiger partial charge on any atom is 0.416 e.